The first-order valence-electron chi connectivity index (χ1n) is 6.82. The summed E-state index contributed by atoms with van der Waals surface area (Å²) in [5.41, 5.74) is 7.67. The van der Waals surface area contributed by atoms with Gasteiger partial charge in [0.1, 0.15) is 0 Å². The number of carbonyl (C=O) groups excluding carboxylic acids is 1. The molecule has 0 aliphatic carbocycles. The average molecular weight is 272 g/mol. The van der Waals surface area contributed by atoms with Crippen LogP contribution in [0, 0.1) is 0 Å². The first-order chi connectivity index (χ1) is 9.69. The molecular formula is C15H20N4O. The molecule has 0 radical (unpaired) electrons. The van der Waals surface area contributed by atoms with Crippen molar-refractivity contribution in [2.45, 2.75) is 32.4 Å². The fourth-order valence-electron chi connectivity index (χ4n) is 1.95. The molecule has 1 heterocycles. The van der Waals surface area contributed by atoms with Gasteiger partial charge < -0.3 is 11.1 Å². The minimum Gasteiger partial charge on any atom is -0.325 e. The second kappa shape index (κ2) is 6.86. The Morgan fingerprint density at radius 2 is 2.15 bits per heavy atom. The molecule has 0 aliphatic rings. The van der Waals surface area contributed by atoms with Crippen LogP contribution in [0.4, 0.5) is 5.69 Å². The average Bonchev–Trinajstić information content (AvgIpc) is 2.94. The van der Waals surface area contributed by atoms with Crippen LogP contribution in [0.5, 0.6) is 0 Å². The fourth-order valence-corrected chi connectivity index (χ4v) is 1.95. The summed E-state index contributed by atoms with van der Waals surface area (Å²) in [6, 6.07) is 9.17. The van der Waals surface area contributed by atoms with Crippen LogP contribution in [0.3, 0.4) is 0 Å². The molecule has 0 aliphatic heterocycles. The minimum absolute atomic E-state index is 0.133. The zero-order valence-corrected chi connectivity index (χ0v) is 11.6. The predicted molar refractivity (Wildman–Crippen MR) is 79.3 cm³/mol. The van der Waals surface area contributed by atoms with E-state index >= 15 is 0 Å². The lowest BCUT2D eigenvalue weighted by Crippen LogP contribution is -2.35. The van der Waals surface area contributed by atoms with E-state index < -0.39 is 6.04 Å². The number of benzene rings is 1. The molecule has 20 heavy (non-hydrogen) atoms. The Morgan fingerprint density at radius 3 is 2.75 bits per heavy atom. The van der Waals surface area contributed by atoms with E-state index in [0.29, 0.717) is 6.42 Å². The van der Waals surface area contributed by atoms with Crippen molar-refractivity contribution in [3.63, 3.8) is 0 Å². The molecule has 5 heteroatoms. The number of hydrogen-bond donors (Lipinski definition) is 2. The van der Waals surface area contributed by atoms with Gasteiger partial charge in [0.05, 0.1) is 12.6 Å². The Morgan fingerprint density at radius 1 is 1.40 bits per heavy atom. The maximum Gasteiger partial charge on any atom is 0.241 e. The van der Waals surface area contributed by atoms with Crippen molar-refractivity contribution < 1.29 is 4.79 Å². The quantitative estimate of drug-likeness (QED) is 0.844. The summed E-state index contributed by atoms with van der Waals surface area (Å²) in [6.07, 6.45) is 5.27. The highest BCUT2D eigenvalue weighted by Crippen LogP contribution is 2.11. The van der Waals surface area contributed by atoms with Gasteiger partial charge in [0.25, 0.3) is 0 Å². The summed E-state index contributed by atoms with van der Waals surface area (Å²) >= 11 is 0. The van der Waals surface area contributed by atoms with E-state index in [0.717, 1.165) is 24.2 Å². The molecule has 0 spiro atoms. The molecular weight excluding hydrogens is 252 g/mol. The Bertz CT molecular complexity index is 534. The predicted octanol–water partition coefficient (Wildman–Crippen LogP) is 2.00. The molecule has 0 saturated carbocycles. The van der Waals surface area contributed by atoms with Crippen molar-refractivity contribution in [1.82, 2.24) is 9.78 Å². The minimum atomic E-state index is -0.441. The van der Waals surface area contributed by atoms with E-state index in [1.54, 1.807) is 6.20 Å². The summed E-state index contributed by atoms with van der Waals surface area (Å²) in [5.74, 6) is -0.133. The number of anilines is 1. The molecule has 0 saturated heterocycles. The molecule has 1 atom stereocenters. The van der Waals surface area contributed by atoms with E-state index in [9.17, 15) is 4.79 Å². The van der Waals surface area contributed by atoms with E-state index in [1.165, 1.54) is 0 Å². The first-order valence-corrected chi connectivity index (χ1v) is 6.82. The van der Waals surface area contributed by atoms with Crippen molar-refractivity contribution >= 4 is 11.6 Å². The van der Waals surface area contributed by atoms with E-state index in [2.05, 4.69) is 10.4 Å². The van der Waals surface area contributed by atoms with Gasteiger partial charge in [-0.15, -0.1) is 0 Å². The highest BCUT2D eigenvalue weighted by atomic mass is 16.2. The van der Waals surface area contributed by atoms with Crippen LogP contribution in [-0.2, 0) is 11.3 Å². The summed E-state index contributed by atoms with van der Waals surface area (Å²) in [6.45, 7) is 2.73. The first kappa shape index (κ1) is 14.3. The maximum absolute atomic E-state index is 11.8. The fraction of sp³-hybridized carbons (Fsp3) is 0.333. The molecule has 106 valence electrons. The summed E-state index contributed by atoms with van der Waals surface area (Å²) < 4.78 is 1.85. The monoisotopic (exact) mass is 272 g/mol. The van der Waals surface area contributed by atoms with Crippen molar-refractivity contribution in [3.8, 4) is 0 Å². The van der Waals surface area contributed by atoms with Crippen LogP contribution in [-0.4, -0.2) is 21.7 Å². The number of nitrogens with one attached hydrogen (secondary N) is 1. The SMILES string of the molecule is CCC[C@@H](N)C(=O)Nc1ccc(Cn2cccn2)cc1. The Hall–Kier alpha value is -2.14. The van der Waals surface area contributed by atoms with Crippen molar-refractivity contribution in [2.75, 3.05) is 5.32 Å². The van der Waals surface area contributed by atoms with Crippen LogP contribution in [0.25, 0.3) is 0 Å². The third-order valence-electron chi connectivity index (χ3n) is 3.06. The molecule has 2 aromatic rings. The van der Waals surface area contributed by atoms with Crippen LogP contribution < -0.4 is 11.1 Å². The highest BCUT2D eigenvalue weighted by molar-refractivity contribution is 5.94. The van der Waals surface area contributed by atoms with Crippen molar-refractivity contribution in [2.24, 2.45) is 5.73 Å². The molecule has 1 aromatic carbocycles. The molecule has 3 N–H and O–H groups in total. The van der Waals surface area contributed by atoms with Gasteiger partial charge in [-0.1, -0.05) is 25.5 Å². The number of aromatic nitrogens is 2. The van der Waals surface area contributed by atoms with E-state index in [4.69, 9.17) is 5.73 Å². The van der Waals surface area contributed by atoms with Crippen LogP contribution >= 0.6 is 0 Å². The van der Waals surface area contributed by atoms with Crippen LogP contribution in [0.2, 0.25) is 0 Å². The third-order valence-corrected chi connectivity index (χ3v) is 3.06. The molecule has 5 nitrogen and oxygen atoms in total. The van der Waals surface area contributed by atoms with Crippen LogP contribution in [0.1, 0.15) is 25.3 Å². The zero-order valence-electron chi connectivity index (χ0n) is 11.6. The van der Waals surface area contributed by atoms with E-state index in [1.807, 2.05) is 48.1 Å². The van der Waals surface area contributed by atoms with Crippen molar-refractivity contribution in [1.29, 1.82) is 0 Å². The number of rotatable bonds is 6. The molecule has 1 amide bonds. The summed E-state index contributed by atoms with van der Waals surface area (Å²) in [7, 11) is 0. The Kier molecular flexibility index (Phi) is 4.90. The number of carbonyl (C=O) groups is 1. The Labute approximate surface area is 118 Å². The third kappa shape index (κ3) is 3.93. The van der Waals surface area contributed by atoms with Gasteiger partial charge in [0.2, 0.25) is 5.91 Å². The van der Waals surface area contributed by atoms with E-state index in [-0.39, 0.29) is 5.91 Å². The summed E-state index contributed by atoms with van der Waals surface area (Å²) in [4.78, 5) is 11.8. The molecule has 0 bridgehead atoms. The number of hydrogen-bond acceptors (Lipinski definition) is 3. The second-order valence-corrected chi connectivity index (χ2v) is 4.78. The number of amides is 1. The Balaban J connectivity index is 1.93. The lowest BCUT2D eigenvalue weighted by molar-refractivity contribution is -0.117. The van der Waals surface area contributed by atoms with Gasteiger partial charge in [-0.25, -0.2) is 0 Å². The second-order valence-electron chi connectivity index (χ2n) is 4.78. The maximum atomic E-state index is 11.8. The molecule has 0 fully saturated rings. The number of nitrogens with two attached hydrogens (primary N) is 1. The zero-order chi connectivity index (χ0) is 14.4. The van der Waals surface area contributed by atoms with Gasteiger partial charge in [0.15, 0.2) is 0 Å². The topological polar surface area (TPSA) is 72.9 Å². The lowest BCUT2D eigenvalue weighted by Gasteiger charge is -2.11. The van der Waals surface area contributed by atoms with Crippen molar-refractivity contribution in [3.05, 3.63) is 48.3 Å². The van der Waals surface area contributed by atoms with Gasteiger partial charge in [-0.05, 0) is 30.2 Å². The standard InChI is InChI=1S/C15H20N4O/c1-2-4-14(16)15(20)18-13-7-5-12(6-8-13)11-19-10-3-9-17-19/h3,5-10,14H,2,4,11,16H2,1H3,(H,18,20)/t14-/m1/s1. The highest BCUT2D eigenvalue weighted by Gasteiger charge is 2.11. The lowest BCUT2D eigenvalue weighted by atomic mass is 10.1. The molecule has 1 aromatic heterocycles. The summed E-state index contributed by atoms with van der Waals surface area (Å²) in [5, 5.41) is 6.98. The smallest absolute Gasteiger partial charge is 0.241 e. The van der Waals surface area contributed by atoms with Gasteiger partial charge in [0, 0.05) is 18.1 Å². The van der Waals surface area contributed by atoms with Gasteiger partial charge in [-0.2, -0.15) is 5.10 Å². The van der Waals surface area contributed by atoms with Gasteiger partial charge >= 0.3 is 0 Å². The molecule has 2 rings (SSSR count). The largest absolute Gasteiger partial charge is 0.325 e. The van der Waals surface area contributed by atoms with Gasteiger partial charge in [-0.3, -0.25) is 9.48 Å². The molecule has 0 unspecified atom stereocenters. The number of nitrogens with zero attached hydrogens (tertiary/aromatic N) is 2. The normalized spacial score (nSPS) is 12.1. The van der Waals surface area contributed by atoms with Crippen LogP contribution in [0.15, 0.2) is 42.7 Å².